The van der Waals surface area contributed by atoms with Gasteiger partial charge in [0.15, 0.2) is 11.7 Å². The van der Waals surface area contributed by atoms with Gasteiger partial charge >= 0.3 is 5.97 Å². The highest BCUT2D eigenvalue weighted by atomic mass is 16.6. The Morgan fingerprint density at radius 2 is 1.81 bits per heavy atom. The molecule has 0 spiro atoms. The van der Waals surface area contributed by atoms with Crippen LogP contribution in [0.3, 0.4) is 0 Å². The largest absolute Gasteiger partial charge is 0.454 e. The second-order valence-electron chi connectivity index (χ2n) is 9.88. The molecule has 1 saturated carbocycles. The summed E-state index contributed by atoms with van der Waals surface area (Å²) in [6, 6.07) is 9.41. The Kier molecular flexibility index (Phi) is 7.21. The first-order valence-electron chi connectivity index (χ1n) is 12.1. The minimum atomic E-state index is -1.57. The fourth-order valence-corrected chi connectivity index (χ4v) is 5.51. The third-order valence-electron chi connectivity index (χ3n) is 7.42. The van der Waals surface area contributed by atoms with Crippen LogP contribution in [0.25, 0.3) is 0 Å². The Balaban J connectivity index is 1.45. The lowest BCUT2D eigenvalue weighted by atomic mass is 9.73. The molecule has 4 rings (SSSR count). The van der Waals surface area contributed by atoms with Crippen LogP contribution in [0, 0.1) is 5.92 Å². The molecule has 1 aromatic carbocycles. The predicted octanol–water partition coefficient (Wildman–Crippen LogP) is 3.64. The first kappa shape index (κ1) is 22.9. The van der Waals surface area contributed by atoms with Crippen LogP contribution >= 0.6 is 0 Å². The molecule has 2 heterocycles. The van der Waals surface area contributed by atoms with E-state index in [9.17, 15) is 9.90 Å². The van der Waals surface area contributed by atoms with E-state index in [4.69, 9.17) is 4.74 Å². The molecule has 172 valence electrons. The highest BCUT2D eigenvalue weighted by Crippen LogP contribution is 2.41. The van der Waals surface area contributed by atoms with E-state index in [2.05, 4.69) is 17.0 Å². The number of quaternary nitrogens is 1. The fourth-order valence-electron chi connectivity index (χ4n) is 5.51. The molecule has 1 aromatic heterocycles. The van der Waals surface area contributed by atoms with Crippen molar-refractivity contribution in [2.24, 2.45) is 5.92 Å². The number of benzene rings is 1. The molecule has 1 aliphatic carbocycles. The van der Waals surface area contributed by atoms with Crippen LogP contribution in [0.5, 0.6) is 0 Å². The van der Waals surface area contributed by atoms with Crippen molar-refractivity contribution >= 4 is 5.97 Å². The van der Waals surface area contributed by atoms with Gasteiger partial charge in [0.25, 0.3) is 0 Å². The van der Waals surface area contributed by atoms with Crippen LogP contribution in [0.1, 0.15) is 56.1 Å². The predicted molar refractivity (Wildman–Crippen MR) is 123 cm³/mol. The molecular weight excluding hydrogens is 402 g/mol. The minimum Gasteiger partial charge on any atom is -0.454 e. The van der Waals surface area contributed by atoms with Gasteiger partial charge in [0.2, 0.25) is 0 Å². The second-order valence-corrected chi connectivity index (χ2v) is 9.88. The molecule has 0 radical (unpaired) electrons. The maximum atomic E-state index is 13.5. The summed E-state index contributed by atoms with van der Waals surface area (Å²) in [7, 11) is 2.23. The van der Waals surface area contributed by atoms with Gasteiger partial charge in [0.1, 0.15) is 12.9 Å². The maximum Gasteiger partial charge on any atom is 0.343 e. The molecule has 1 N–H and O–H groups in total. The average molecular weight is 439 g/mol. The monoisotopic (exact) mass is 438 g/mol. The van der Waals surface area contributed by atoms with Crippen LogP contribution in [0.15, 0.2) is 49.1 Å². The summed E-state index contributed by atoms with van der Waals surface area (Å²) in [5.41, 5.74) is 0.222. The van der Waals surface area contributed by atoms with Gasteiger partial charge in [-0.15, -0.1) is 0 Å². The summed E-state index contributed by atoms with van der Waals surface area (Å²) in [4.78, 5) is 21.7. The average Bonchev–Trinajstić information content (AvgIpc) is 2.84. The first-order valence-corrected chi connectivity index (χ1v) is 12.1. The second kappa shape index (κ2) is 10.1. The zero-order chi connectivity index (χ0) is 22.4. The number of likely N-dealkylation sites (N-methyl/N-ethyl adjacent to an activating group) is 1. The molecule has 1 saturated heterocycles. The molecule has 1 aliphatic heterocycles. The highest BCUT2D eigenvalue weighted by molar-refractivity contribution is 5.81. The van der Waals surface area contributed by atoms with Crippen molar-refractivity contribution in [3.8, 4) is 0 Å². The van der Waals surface area contributed by atoms with Crippen molar-refractivity contribution < 1.29 is 19.1 Å². The number of aromatic nitrogens is 2. The van der Waals surface area contributed by atoms with Crippen LogP contribution in [-0.4, -0.2) is 58.3 Å². The molecule has 0 amide bonds. The van der Waals surface area contributed by atoms with E-state index in [1.54, 1.807) is 6.33 Å². The third kappa shape index (κ3) is 5.18. The molecule has 32 heavy (non-hydrogen) atoms. The van der Waals surface area contributed by atoms with Crippen molar-refractivity contribution in [1.82, 2.24) is 9.97 Å². The minimum absolute atomic E-state index is 0.0892. The standard InChI is InChI=1S/C26H36N3O3/c1-29(16-14-21-17-27-20-28-18-21)15-8-13-24(19-29)32-25(30)26(31,22-9-4-2-5-10-22)23-11-6-3-7-12-23/h2,4-5,9-10,17-18,20,23-24,31H,3,6-8,11-16,19H2,1H3/q+1/t24?,26?,29-/m1/s1. The molecular formula is C26H36N3O3+. The summed E-state index contributed by atoms with van der Waals surface area (Å²) in [6.45, 7) is 2.79. The number of hydrogen-bond acceptors (Lipinski definition) is 5. The van der Waals surface area contributed by atoms with Crippen molar-refractivity contribution in [2.45, 2.75) is 63.1 Å². The number of nitrogens with zero attached hydrogens (tertiary/aromatic N) is 3. The van der Waals surface area contributed by atoms with E-state index in [0.717, 1.165) is 74.6 Å². The van der Waals surface area contributed by atoms with Gasteiger partial charge in [-0.1, -0.05) is 49.6 Å². The van der Waals surface area contributed by atoms with E-state index in [-0.39, 0.29) is 12.0 Å². The smallest absolute Gasteiger partial charge is 0.343 e. The lowest BCUT2D eigenvalue weighted by molar-refractivity contribution is -0.916. The van der Waals surface area contributed by atoms with Crippen molar-refractivity contribution in [3.05, 3.63) is 60.2 Å². The zero-order valence-electron chi connectivity index (χ0n) is 19.2. The Morgan fingerprint density at radius 3 is 2.53 bits per heavy atom. The summed E-state index contributed by atoms with van der Waals surface area (Å²) >= 11 is 0. The topological polar surface area (TPSA) is 72.3 Å². The van der Waals surface area contributed by atoms with Crippen LogP contribution < -0.4 is 0 Å². The van der Waals surface area contributed by atoms with Gasteiger partial charge in [-0.3, -0.25) is 0 Å². The van der Waals surface area contributed by atoms with Gasteiger partial charge in [-0.05, 0) is 30.4 Å². The van der Waals surface area contributed by atoms with Gasteiger partial charge in [0.05, 0.1) is 20.1 Å². The normalized spacial score (nSPS) is 26.2. The number of ether oxygens (including phenoxy) is 1. The molecule has 2 aromatic rings. The number of rotatable bonds is 7. The molecule has 2 aliphatic rings. The van der Waals surface area contributed by atoms with Crippen molar-refractivity contribution in [3.63, 3.8) is 0 Å². The van der Waals surface area contributed by atoms with E-state index in [0.29, 0.717) is 5.56 Å². The summed E-state index contributed by atoms with van der Waals surface area (Å²) in [5, 5.41) is 11.8. The van der Waals surface area contributed by atoms with Gasteiger partial charge < -0.3 is 14.3 Å². The third-order valence-corrected chi connectivity index (χ3v) is 7.42. The first-order chi connectivity index (χ1) is 15.5. The van der Waals surface area contributed by atoms with Crippen molar-refractivity contribution in [2.75, 3.05) is 26.7 Å². The lowest BCUT2D eigenvalue weighted by Gasteiger charge is -2.42. The zero-order valence-corrected chi connectivity index (χ0v) is 19.2. The molecule has 6 heteroatoms. The van der Waals surface area contributed by atoms with Gasteiger partial charge in [-0.25, -0.2) is 14.8 Å². The lowest BCUT2D eigenvalue weighted by Crippen LogP contribution is -2.56. The van der Waals surface area contributed by atoms with Crippen LogP contribution in [0.2, 0.25) is 0 Å². The van der Waals surface area contributed by atoms with Crippen LogP contribution in [0.4, 0.5) is 0 Å². The molecule has 0 bridgehead atoms. The Labute approximate surface area is 191 Å². The molecule has 3 atom stereocenters. The number of aliphatic hydroxyl groups is 1. The van der Waals surface area contributed by atoms with E-state index in [1.165, 1.54) is 6.42 Å². The Morgan fingerprint density at radius 1 is 1.09 bits per heavy atom. The molecule has 2 unspecified atom stereocenters. The number of hydrogen-bond donors (Lipinski definition) is 1. The van der Waals surface area contributed by atoms with E-state index >= 15 is 0 Å². The van der Waals surface area contributed by atoms with Gasteiger partial charge in [0, 0.05) is 31.2 Å². The summed E-state index contributed by atoms with van der Waals surface area (Å²) < 4.78 is 6.93. The molecule has 2 fully saturated rings. The quantitative estimate of drug-likeness (QED) is 0.528. The maximum absolute atomic E-state index is 13.5. The number of carbonyl (C=O) groups excluding carboxylic acids is 1. The van der Waals surface area contributed by atoms with E-state index < -0.39 is 11.6 Å². The highest BCUT2D eigenvalue weighted by Gasteiger charge is 2.48. The number of carbonyl (C=O) groups is 1. The fraction of sp³-hybridized carbons (Fsp3) is 0.577. The van der Waals surface area contributed by atoms with Crippen LogP contribution in [-0.2, 0) is 21.6 Å². The molecule has 6 nitrogen and oxygen atoms in total. The summed E-state index contributed by atoms with van der Waals surface area (Å²) in [5.74, 6) is -0.556. The SMILES string of the molecule is C[N@+]1(CCc2cncnc2)CCCC(OC(=O)C(O)(c2ccccc2)C2CCCCC2)C1. The number of piperidine rings is 1. The number of esters is 1. The summed E-state index contributed by atoms with van der Waals surface area (Å²) in [6.07, 6.45) is 12.9. The Hall–Kier alpha value is -2.31. The van der Waals surface area contributed by atoms with Gasteiger partial charge in [-0.2, -0.15) is 0 Å². The van der Waals surface area contributed by atoms with Crippen molar-refractivity contribution in [1.29, 1.82) is 0 Å². The number of likely N-dealkylation sites (tertiary alicyclic amines) is 1. The van der Waals surface area contributed by atoms with E-state index in [1.807, 2.05) is 42.7 Å². The Bertz CT molecular complexity index is 872.